The summed E-state index contributed by atoms with van der Waals surface area (Å²) in [5.74, 6) is 0.296. The van der Waals surface area contributed by atoms with Crippen molar-refractivity contribution in [3.63, 3.8) is 0 Å². The van der Waals surface area contributed by atoms with Crippen LogP contribution in [0.15, 0.2) is 0 Å². The van der Waals surface area contributed by atoms with Gasteiger partial charge in [0, 0.05) is 45.3 Å². The maximum absolute atomic E-state index is 12.4. The number of amides is 1. The Kier molecular flexibility index (Phi) is 8.27. The highest BCUT2D eigenvalue weighted by Gasteiger charge is 2.21. The second-order valence-electron chi connectivity index (χ2n) is 7.31. The highest BCUT2D eigenvalue weighted by Crippen LogP contribution is 2.20. The number of ether oxygens (including phenoxy) is 1. The molecular weight excluding hydrogens is 264 g/mol. The second-order valence-corrected chi connectivity index (χ2v) is 7.31. The third-order valence-corrected chi connectivity index (χ3v) is 3.85. The van der Waals surface area contributed by atoms with Crippen molar-refractivity contribution in [2.24, 2.45) is 5.41 Å². The van der Waals surface area contributed by atoms with Crippen LogP contribution in [0.3, 0.4) is 0 Å². The van der Waals surface area contributed by atoms with Crippen molar-refractivity contribution in [2.75, 3.05) is 32.8 Å². The summed E-state index contributed by atoms with van der Waals surface area (Å²) in [5.41, 5.74) is 0.0652. The molecule has 21 heavy (non-hydrogen) atoms. The third kappa shape index (κ3) is 8.42. The quantitative estimate of drug-likeness (QED) is 0.749. The van der Waals surface area contributed by atoms with Gasteiger partial charge in [-0.15, -0.1) is 0 Å². The lowest BCUT2D eigenvalue weighted by Gasteiger charge is -2.28. The van der Waals surface area contributed by atoms with Gasteiger partial charge < -0.3 is 15.0 Å². The number of hydrogen-bond acceptors (Lipinski definition) is 3. The lowest BCUT2D eigenvalue weighted by atomic mass is 9.91. The van der Waals surface area contributed by atoms with E-state index in [0.717, 1.165) is 58.5 Å². The molecule has 0 aromatic carbocycles. The van der Waals surface area contributed by atoms with E-state index in [4.69, 9.17) is 4.74 Å². The summed E-state index contributed by atoms with van der Waals surface area (Å²) in [6.45, 7) is 12.9. The average Bonchev–Trinajstić information content (AvgIpc) is 2.41. The number of nitrogens with zero attached hydrogens (tertiary/aromatic N) is 1. The smallest absolute Gasteiger partial charge is 0.223 e. The summed E-state index contributed by atoms with van der Waals surface area (Å²) >= 11 is 0. The molecule has 0 bridgehead atoms. The van der Waals surface area contributed by atoms with Gasteiger partial charge in [0.1, 0.15) is 0 Å². The number of carbonyl (C=O) groups excluding carboxylic acids is 1. The number of unbranched alkanes of at least 4 members (excludes halogenated alkanes) is 1. The maximum atomic E-state index is 12.4. The lowest BCUT2D eigenvalue weighted by molar-refractivity contribution is -0.133. The minimum atomic E-state index is 0.0652. The van der Waals surface area contributed by atoms with Crippen LogP contribution in [0.4, 0.5) is 0 Å². The molecule has 1 saturated heterocycles. The fourth-order valence-corrected chi connectivity index (χ4v) is 2.58. The van der Waals surface area contributed by atoms with E-state index < -0.39 is 0 Å². The van der Waals surface area contributed by atoms with Crippen molar-refractivity contribution >= 4 is 5.91 Å². The molecule has 0 radical (unpaired) electrons. The van der Waals surface area contributed by atoms with Gasteiger partial charge in [0.05, 0.1) is 0 Å². The van der Waals surface area contributed by atoms with E-state index in [1.807, 2.05) is 4.90 Å². The normalized spacial score (nSPS) is 17.0. The van der Waals surface area contributed by atoms with Gasteiger partial charge in [0.15, 0.2) is 0 Å². The van der Waals surface area contributed by atoms with Gasteiger partial charge in [0.25, 0.3) is 0 Å². The standard InChI is InChI=1S/C17H34N2O2/c1-5-6-10-19(16(20)14-17(2,3)4)11-9-18-15-7-12-21-13-8-15/h15,18H,5-14H2,1-4H3. The van der Waals surface area contributed by atoms with Crippen LogP contribution in [0.5, 0.6) is 0 Å². The van der Waals surface area contributed by atoms with Gasteiger partial charge in [-0.3, -0.25) is 4.79 Å². The molecular formula is C17H34N2O2. The summed E-state index contributed by atoms with van der Waals surface area (Å²) < 4.78 is 5.37. The maximum Gasteiger partial charge on any atom is 0.223 e. The molecule has 0 atom stereocenters. The summed E-state index contributed by atoms with van der Waals surface area (Å²) in [6.07, 6.45) is 5.03. The van der Waals surface area contributed by atoms with Crippen LogP contribution in [0.2, 0.25) is 0 Å². The van der Waals surface area contributed by atoms with Crippen LogP contribution < -0.4 is 5.32 Å². The summed E-state index contributed by atoms with van der Waals surface area (Å²) in [7, 11) is 0. The minimum absolute atomic E-state index is 0.0652. The Morgan fingerprint density at radius 3 is 2.48 bits per heavy atom. The SMILES string of the molecule is CCCCN(CCNC1CCOCC1)C(=O)CC(C)(C)C. The third-order valence-electron chi connectivity index (χ3n) is 3.85. The molecule has 1 N–H and O–H groups in total. The number of nitrogens with one attached hydrogen (secondary N) is 1. The van der Waals surface area contributed by atoms with Gasteiger partial charge >= 0.3 is 0 Å². The lowest BCUT2D eigenvalue weighted by Crippen LogP contribution is -2.42. The van der Waals surface area contributed by atoms with Crippen molar-refractivity contribution in [3.8, 4) is 0 Å². The fraction of sp³-hybridized carbons (Fsp3) is 0.941. The molecule has 0 unspecified atom stereocenters. The van der Waals surface area contributed by atoms with E-state index >= 15 is 0 Å². The van der Waals surface area contributed by atoms with E-state index in [-0.39, 0.29) is 5.41 Å². The van der Waals surface area contributed by atoms with Crippen LogP contribution in [0.25, 0.3) is 0 Å². The Balaban J connectivity index is 2.35. The van der Waals surface area contributed by atoms with E-state index in [1.54, 1.807) is 0 Å². The molecule has 1 heterocycles. The Labute approximate surface area is 130 Å². The molecule has 1 rings (SSSR count). The molecule has 1 amide bonds. The highest BCUT2D eigenvalue weighted by molar-refractivity contribution is 5.76. The van der Waals surface area contributed by atoms with Crippen molar-refractivity contribution in [3.05, 3.63) is 0 Å². The molecule has 0 aromatic heterocycles. The Hall–Kier alpha value is -0.610. The van der Waals surface area contributed by atoms with Crippen molar-refractivity contribution < 1.29 is 9.53 Å². The Bertz CT molecular complexity index is 294. The van der Waals surface area contributed by atoms with Crippen LogP contribution in [0, 0.1) is 5.41 Å². The summed E-state index contributed by atoms with van der Waals surface area (Å²) in [5, 5.41) is 3.57. The first-order chi connectivity index (χ1) is 9.92. The topological polar surface area (TPSA) is 41.6 Å². The van der Waals surface area contributed by atoms with Gasteiger partial charge in [-0.25, -0.2) is 0 Å². The molecule has 1 aliphatic rings. The Morgan fingerprint density at radius 1 is 1.24 bits per heavy atom. The largest absolute Gasteiger partial charge is 0.381 e. The second kappa shape index (κ2) is 9.42. The van der Waals surface area contributed by atoms with Crippen LogP contribution in [0.1, 0.15) is 59.8 Å². The molecule has 0 spiro atoms. The zero-order valence-corrected chi connectivity index (χ0v) is 14.4. The summed E-state index contributed by atoms with van der Waals surface area (Å²) in [4.78, 5) is 14.5. The van der Waals surface area contributed by atoms with Gasteiger partial charge in [-0.1, -0.05) is 34.1 Å². The van der Waals surface area contributed by atoms with Gasteiger partial charge in [-0.2, -0.15) is 0 Å². The minimum Gasteiger partial charge on any atom is -0.381 e. The molecule has 124 valence electrons. The molecule has 4 heteroatoms. The van der Waals surface area contributed by atoms with E-state index in [0.29, 0.717) is 18.4 Å². The number of hydrogen-bond donors (Lipinski definition) is 1. The molecule has 0 aliphatic carbocycles. The molecule has 1 fully saturated rings. The molecule has 0 saturated carbocycles. The first kappa shape index (κ1) is 18.4. The van der Waals surface area contributed by atoms with Crippen LogP contribution in [-0.4, -0.2) is 49.7 Å². The number of rotatable bonds is 8. The van der Waals surface area contributed by atoms with Crippen LogP contribution in [-0.2, 0) is 9.53 Å². The fourth-order valence-electron chi connectivity index (χ4n) is 2.58. The highest BCUT2D eigenvalue weighted by atomic mass is 16.5. The van der Waals surface area contributed by atoms with Crippen molar-refractivity contribution in [1.82, 2.24) is 10.2 Å². The zero-order valence-electron chi connectivity index (χ0n) is 14.4. The Morgan fingerprint density at radius 2 is 1.90 bits per heavy atom. The predicted molar refractivity (Wildman–Crippen MR) is 87.4 cm³/mol. The number of carbonyl (C=O) groups is 1. The van der Waals surface area contributed by atoms with E-state index in [1.165, 1.54) is 0 Å². The van der Waals surface area contributed by atoms with E-state index in [9.17, 15) is 4.79 Å². The first-order valence-electron chi connectivity index (χ1n) is 8.51. The molecule has 4 nitrogen and oxygen atoms in total. The average molecular weight is 298 g/mol. The first-order valence-corrected chi connectivity index (χ1v) is 8.51. The molecule has 1 aliphatic heterocycles. The monoisotopic (exact) mass is 298 g/mol. The van der Waals surface area contributed by atoms with Crippen molar-refractivity contribution in [2.45, 2.75) is 65.8 Å². The summed E-state index contributed by atoms with van der Waals surface area (Å²) in [6, 6.07) is 0.560. The zero-order chi connectivity index (χ0) is 15.7. The van der Waals surface area contributed by atoms with Gasteiger partial charge in [0.2, 0.25) is 5.91 Å². The van der Waals surface area contributed by atoms with Gasteiger partial charge in [-0.05, 0) is 24.7 Å². The van der Waals surface area contributed by atoms with E-state index in [2.05, 4.69) is 33.0 Å². The van der Waals surface area contributed by atoms with Crippen molar-refractivity contribution in [1.29, 1.82) is 0 Å². The van der Waals surface area contributed by atoms with Crippen LogP contribution >= 0.6 is 0 Å². The predicted octanol–water partition coefficient (Wildman–Crippen LogP) is 2.82. The molecule has 0 aromatic rings.